The quantitative estimate of drug-likeness (QED) is 0.571. The van der Waals surface area contributed by atoms with Gasteiger partial charge in [-0.1, -0.05) is 36.7 Å². The predicted molar refractivity (Wildman–Crippen MR) is 64.4 cm³/mol. The molecule has 0 radical (unpaired) electrons. The number of rotatable bonds is 0. The Hall–Kier alpha value is -1.44. The molecule has 0 saturated carbocycles. The number of benzene rings is 1. The van der Waals surface area contributed by atoms with Crippen molar-refractivity contribution >= 4 is 13.3 Å². The molecular weight excluding hydrogens is 183 g/mol. The number of allylic oxidation sites excluding steroid dienone is 4. The lowest BCUT2D eigenvalue weighted by molar-refractivity contribution is 0.404. The van der Waals surface area contributed by atoms with Gasteiger partial charge in [0.2, 0.25) is 0 Å². The smallest absolute Gasteiger partial charge is 0.139 e. The van der Waals surface area contributed by atoms with Gasteiger partial charge in [-0.15, -0.1) is 0 Å². The van der Waals surface area contributed by atoms with Crippen LogP contribution in [0.15, 0.2) is 42.2 Å². The number of hydrogen-bond acceptors (Lipinski definition) is 1. The summed E-state index contributed by atoms with van der Waals surface area (Å²) in [6.45, 7) is 2.24. The van der Waals surface area contributed by atoms with Gasteiger partial charge in [-0.25, -0.2) is 0 Å². The average Bonchev–Trinajstić information content (AvgIpc) is 2.57. The Bertz CT molecular complexity index is 473. The first-order valence-electron chi connectivity index (χ1n) is 5.42. The van der Waals surface area contributed by atoms with Crippen molar-refractivity contribution in [3.8, 4) is 5.75 Å². The number of hydrogen-bond donors (Lipinski definition) is 0. The van der Waals surface area contributed by atoms with Gasteiger partial charge in [0, 0.05) is 5.56 Å². The molecule has 0 spiro atoms. The SMILES string of the molecule is Bc1ccc2c(c1)C1C(=CC=CC1C)O2. The maximum Gasteiger partial charge on any atom is 0.139 e. The van der Waals surface area contributed by atoms with Crippen LogP contribution in [0.1, 0.15) is 18.4 Å². The average molecular weight is 196 g/mol. The van der Waals surface area contributed by atoms with Crippen LogP contribution in [0.2, 0.25) is 0 Å². The van der Waals surface area contributed by atoms with Crippen molar-refractivity contribution in [2.45, 2.75) is 12.8 Å². The molecule has 2 unspecified atom stereocenters. The van der Waals surface area contributed by atoms with Crippen LogP contribution >= 0.6 is 0 Å². The normalized spacial score (nSPS) is 26.6. The second-order valence-corrected chi connectivity index (χ2v) is 4.43. The van der Waals surface area contributed by atoms with Gasteiger partial charge < -0.3 is 4.74 Å². The maximum atomic E-state index is 5.85. The molecule has 0 N–H and O–H groups in total. The fraction of sp³-hybridized carbons (Fsp3) is 0.231. The molecule has 1 heterocycles. The van der Waals surface area contributed by atoms with E-state index in [1.807, 2.05) is 0 Å². The fourth-order valence-corrected chi connectivity index (χ4v) is 2.46. The molecule has 2 heteroatoms. The van der Waals surface area contributed by atoms with Crippen LogP contribution in [-0.2, 0) is 0 Å². The molecule has 74 valence electrons. The van der Waals surface area contributed by atoms with E-state index in [-0.39, 0.29) is 0 Å². The number of ether oxygens (including phenoxy) is 1. The van der Waals surface area contributed by atoms with E-state index in [4.69, 9.17) is 4.74 Å². The first-order chi connectivity index (χ1) is 7.25. The van der Waals surface area contributed by atoms with Crippen LogP contribution in [0.3, 0.4) is 0 Å². The van der Waals surface area contributed by atoms with Gasteiger partial charge >= 0.3 is 0 Å². The minimum atomic E-state index is 0.435. The van der Waals surface area contributed by atoms with Crippen molar-refractivity contribution in [2.24, 2.45) is 5.92 Å². The third-order valence-corrected chi connectivity index (χ3v) is 3.24. The summed E-state index contributed by atoms with van der Waals surface area (Å²) in [4.78, 5) is 0. The van der Waals surface area contributed by atoms with Gasteiger partial charge in [-0.05, 0) is 18.1 Å². The van der Waals surface area contributed by atoms with Crippen molar-refractivity contribution in [2.75, 3.05) is 0 Å². The van der Waals surface area contributed by atoms with E-state index < -0.39 is 0 Å². The molecule has 3 rings (SSSR count). The van der Waals surface area contributed by atoms with Gasteiger partial charge in [-0.3, -0.25) is 0 Å². The molecule has 2 atom stereocenters. The van der Waals surface area contributed by atoms with Crippen LogP contribution in [0, 0.1) is 5.92 Å². The molecule has 0 bridgehead atoms. The number of fused-ring (bicyclic) bond motifs is 3. The molecule has 1 aromatic rings. The zero-order valence-corrected chi connectivity index (χ0v) is 9.03. The molecule has 1 nitrogen and oxygen atoms in total. The summed E-state index contributed by atoms with van der Waals surface area (Å²) in [6.07, 6.45) is 6.42. The molecule has 0 fully saturated rings. The lowest BCUT2D eigenvalue weighted by Gasteiger charge is -2.19. The van der Waals surface area contributed by atoms with Crippen molar-refractivity contribution in [1.82, 2.24) is 0 Å². The highest BCUT2D eigenvalue weighted by atomic mass is 16.5. The minimum Gasteiger partial charge on any atom is -0.461 e. The summed E-state index contributed by atoms with van der Waals surface area (Å²) >= 11 is 0. The Morgan fingerprint density at radius 2 is 2.20 bits per heavy atom. The van der Waals surface area contributed by atoms with Crippen molar-refractivity contribution < 1.29 is 4.74 Å². The van der Waals surface area contributed by atoms with E-state index in [0.29, 0.717) is 11.8 Å². The largest absolute Gasteiger partial charge is 0.461 e. The van der Waals surface area contributed by atoms with E-state index >= 15 is 0 Å². The molecular formula is C13H13BO. The molecule has 2 aliphatic rings. The van der Waals surface area contributed by atoms with Crippen LogP contribution in [0.5, 0.6) is 5.75 Å². The van der Waals surface area contributed by atoms with Gasteiger partial charge in [0.15, 0.2) is 0 Å². The van der Waals surface area contributed by atoms with Crippen molar-refractivity contribution in [3.05, 3.63) is 47.7 Å². The lowest BCUT2D eigenvalue weighted by Crippen LogP contribution is -2.11. The Balaban J connectivity index is 2.15. The van der Waals surface area contributed by atoms with Crippen LogP contribution in [0.4, 0.5) is 0 Å². The summed E-state index contributed by atoms with van der Waals surface area (Å²) in [5, 5.41) is 0. The highest BCUT2D eigenvalue weighted by Crippen LogP contribution is 2.46. The summed E-state index contributed by atoms with van der Waals surface area (Å²) in [6, 6.07) is 6.43. The molecule has 0 saturated heterocycles. The standard InChI is InChI=1S/C13H13BO/c1-8-3-2-4-12-13(8)10-7-9(14)5-6-11(10)15-12/h2-8,13H,14H2,1H3. The van der Waals surface area contributed by atoms with Gasteiger partial charge in [0.25, 0.3) is 0 Å². The second-order valence-electron chi connectivity index (χ2n) is 4.43. The van der Waals surface area contributed by atoms with E-state index in [2.05, 4.69) is 51.2 Å². The zero-order chi connectivity index (χ0) is 10.4. The van der Waals surface area contributed by atoms with Gasteiger partial charge in [-0.2, -0.15) is 0 Å². The highest BCUT2D eigenvalue weighted by Gasteiger charge is 2.33. The molecule has 1 aliphatic heterocycles. The third-order valence-electron chi connectivity index (χ3n) is 3.24. The monoisotopic (exact) mass is 196 g/mol. The zero-order valence-electron chi connectivity index (χ0n) is 9.03. The van der Waals surface area contributed by atoms with Crippen molar-refractivity contribution in [1.29, 1.82) is 0 Å². The Morgan fingerprint density at radius 1 is 1.33 bits per heavy atom. The van der Waals surface area contributed by atoms with Crippen LogP contribution < -0.4 is 10.2 Å². The minimum absolute atomic E-state index is 0.435. The molecule has 1 aromatic carbocycles. The Kier molecular flexibility index (Phi) is 1.78. The van der Waals surface area contributed by atoms with Gasteiger partial charge in [0.05, 0.1) is 5.92 Å². The van der Waals surface area contributed by atoms with E-state index in [1.54, 1.807) is 0 Å². The summed E-state index contributed by atoms with van der Waals surface area (Å²) in [5.41, 5.74) is 2.65. The van der Waals surface area contributed by atoms with E-state index in [0.717, 1.165) is 11.5 Å². The lowest BCUT2D eigenvalue weighted by atomic mass is 9.82. The first kappa shape index (κ1) is 8.84. The summed E-state index contributed by atoms with van der Waals surface area (Å²) in [7, 11) is 2.13. The topological polar surface area (TPSA) is 9.23 Å². The third kappa shape index (κ3) is 1.24. The first-order valence-corrected chi connectivity index (χ1v) is 5.42. The summed E-state index contributed by atoms with van der Waals surface area (Å²) in [5.74, 6) is 3.11. The fourth-order valence-electron chi connectivity index (χ4n) is 2.46. The Labute approximate surface area is 90.9 Å². The second kappa shape index (κ2) is 3.03. The maximum absolute atomic E-state index is 5.85. The van der Waals surface area contributed by atoms with Crippen molar-refractivity contribution in [3.63, 3.8) is 0 Å². The van der Waals surface area contributed by atoms with Crippen LogP contribution in [-0.4, -0.2) is 7.85 Å². The van der Waals surface area contributed by atoms with E-state index in [9.17, 15) is 0 Å². The Morgan fingerprint density at radius 3 is 3.07 bits per heavy atom. The highest BCUT2D eigenvalue weighted by molar-refractivity contribution is 6.32. The predicted octanol–water partition coefficient (Wildman–Crippen LogP) is 1.51. The van der Waals surface area contributed by atoms with Crippen LogP contribution in [0.25, 0.3) is 0 Å². The summed E-state index contributed by atoms with van der Waals surface area (Å²) < 4.78 is 5.85. The molecule has 0 amide bonds. The van der Waals surface area contributed by atoms with Gasteiger partial charge in [0.1, 0.15) is 19.4 Å². The van der Waals surface area contributed by atoms with E-state index in [1.165, 1.54) is 11.0 Å². The molecule has 15 heavy (non-hydrogen) atoms. The molecule has 0 aromatic heterocycles. The molecule has 1 aliphatic carbocycles.